The highest BCUT2D eigenvalue weighted by atomic mass is 19.1. The van der Waals surface area contributed by atoms with Crippen LogP contribution in [0.4, 0.5) is 10.2 Å². The van der Waals surface area contributed by atoms with Crippen molar-refractivity contribution in [1.29, 1.82) is 0 Å². The first-order valence-corrected chi connectivity index (χ1v) is 5.21. The molecule has 1 aromatic rings. The van der Waals surface area contributed by atoms with E-state index in [4.69, 9.17) is 0 Å². The highest BCUT2D eigenvalue weighted by Gasteiger charge is 2.16. The second kappa shape index (κ2) is 4.40. The zero-order valence-electron chi connectivity index (χ0n) is 8.17. The highest BCUT2D eigenvalue weighted by molar-refractivity contribution is 5.33. The molecule has 0 bridgehead atoms. The van der Waals surface area contributed by atoms with Crippen molar-refractivity contribution in [2.45, 2.75) is 25.7 Å². The normalized spacial score (nSPS) is 16.4. The summed E-state index contributed by atoms with van der Waals surface area (Å²) in [6.07, 6.45) is 5.28. The van der Waals surface area contributed by atoms with Crippen LogP contribution in [-0.4, -0.2) is 11.5 Å². The molecule has 0 aromatic carbocycles. The van der Waals surface area contributed by atoms with E-state index in [0.717, 1.165) is 12.5 Å². The van der Waals surface area contributed by atoms with Gasteiger partial charge in [0.2, 0.25) is 5.95 Å². The Kier molecular flexibility index (Phi) is 2.96. The van der Waals surface area contributed by atoms with Crippen LogP contribution >= 0.6 is 0 Å². The van der Waals surface area contributed by atoms with Gasteiger partial charge in [-0.25, -0.2) is 4.98 Å². The van der Waals surface area contributed by atoms with Crippen LogP contribution in [0.5, 0.6) is 0 Å². The molecule has 0 amide bonds. The van der Waals surface area contributed by atoms with Gasteiger partial charge in [0, 0.05) is 6.54 Å². The lowest BCUT2D eigenvalue weighted by Crippen LogP contribution is -2.16. The Morgan fingerprint density at radius 1 is 1.43 bits per heavy atom. The number of nitrogens with one attached hydrogen (secondary N) is 1. The first-order chi connectivity index (χ1) is 6.84. The van der Waals surface area contributed by atoms with E-state index in [1.54, 1.807) is 12.1 Å². The third-order valence-corrected chi connectivity index (χ3v) is 2.80. The molecule has 3 heteroatoms. The van der Waals surface area contributed by atoms with Gasteiger partial charge in [-0.1, -0.05) is 25.3 Å². The van der Waals surface area contributed by atoms with Gasteiger partial charge >= 0.3 is 0 Å². The molecule has 1 aliphatic rings. The number of halogens is 1. The van der Waals surface area contributed by atoms with E-state index in [9.17, 15) is 4.39 Å². The predicted molar refractivity (Wildman–Crippen MR) is 54.6 cm³/mol. The van der Waals surface area contributed by atoms with Crippen molar-refractivity contribution < 1.29 is 4.39 Å². The SMILES string of the molecule is Fc1cccc(NCCC2CCC2)n1. The van der Waals surface area contributed by atoms with Crippen molar-refractivity contribution in [2.24, 2.45) is 5.92 Å². The van der Waals surface area contributed by atoms with Gasteiger partial charge in [-0.15, -0.1) is 0 Å². The van der Waals surface area contributed by atoms with E-state index >= 15 is 0 Å². The quantitative estimate of drug-likeness (QED) is 0.745. The summed E-state index contributed by atoms with van der Waals surface area (Å²) in [6, 6.07) is 4.83. The van der Waals surface area contributed by atoms with Gasteiger partial charge in [0.15, 0.2) is 0 Å². The molecule has 1 N–H and O–H groups in total. The van der Waals surface area contributed by atoms with Gasteiger partial charge in [0.05, 0.1) is 0 Å². The Balaban J connectivity index is 1.74. The second-order valence-corrected chi connectivity index (χ2v) is 3.86. The predicted octanol–water partition coefficient (Wildman–Crippen LogP) is 2.82. The van der Waals surface area contributed by atoms with Gasteiger partial charge in [0.25, 0.3) is 0 Å². The van der Waals surface area contributed by atoms with Crippen LogP contribution in [0.15, 0.2) is 18.2 Å². The Bertz CT molecular complexity index is 297. The van der Waals surface area contributed by atoms with Crippen LogP contribution in [0, 0.1) is 11.9 Å². The number of pyridine rings is 1. The molecule has 0 radical (unpaired) electrons. The Morgan fingerprint density at radius 3 is 2.93 bits per heavy atom. The maximum absolute atomic E-state index is 12.7. The highest BCUT2D eigenvalue weighted by Crippen LogP contribution is 2.28. The summed E-state index contributed by atoms with van der Waals surface area (Å²) in [5, 5.41) is 3.13. The van der Waals surface area contributed by atoms with E-state index < -0.39 is 5.95 Å². The first kappa shape index (κ1) is 9.44. The number of hydrogen-bond acceptors (Lipinski definition) is 2. The number of rotatable bonds is 4. The molecule has 14 heavy (non-hydrogen) atoms. The monoisotopic (exact) mass is 194 g/mol. The summed E-state index contributed by atoms with van der Waals surface area (Å²) >= 11 is 0. The molecule has 76 valence electrons. The summed E-state index contributed by atoms with van der Waals surface area (Å²) in [4.78, 5) is 3.74. The molecule has 0 unspecified atom stereocenters. The topological polar surface area (TPSA) is 24.9 Å². The third-order valence-electron chi connectivity index (χ3n) is 2.80. The van der Waals surface area contributed by atoms with Crippen LogP contribution in [0.2, 0.25) is 0 Å². The smallest absolute Gasteiger partial charge is 0.214 e. The molecular formula is C11H15FN2. The van der Waals surface area contributed by atoms with Crippen LogP contribution in [0.3, 0.4) is 0 Å². The standard InChI is InChI=1S/C11H15FN2/c12-10-5-2-6-11(14-10)13-8-7-9-3-1-4-9/h2,5-6,9H,1,3-4,7-8H2,(H,13,14). The third kappa shape index (κ3) is 2.44. The van der Waals surface area contributed by atoms with Gasteiger partial charge < -0.3 is 5.32 Å². The minimum Gasteiger partial charge on any atom is -0.370 e. The Morgan fingerprint density at radius 2 is 2.29 bits per heavy atom. The molecule has 0 saturated heterocycles. The largest absolute Gasteiger partial charge is 0.370 e. The lowest BCUT2D eigenvalue weighted by Gasteiger charge is -2.25. The average Bonchev–Trinajstić information content (AvgIpc) is 2.09. The Labute approximate surface area is 83.6 Å². The molecule has 1 aromatic heterocycles. The fraction of sp³-hybridized carbons (Fsp3) is 0.545. The summed E-state index contributed by atoms with van der Waals surface area (Å²) in [6.45, 7) is 0.904. The number of hydrogen-bond donors (Lipinski definition) is 1. The average molecular weight is 194 g/mol. The molecule has 1 aliphatic carbocycles. The van der Waals surface area contributed by atoms with E-state index in [1.807, 2.05) is 0 Å². The Hall–Kier alpha value is -1.12. The van der Waals surface area contributed by atoms with Crippen LogP contribution in [0.25, 0.3) is 0 Å². The number of anilines is 1. The molecule has 2 rings (SSSR count). The van der Waals surface area contributed by atoms with E-state index in [0.29, 0.717) is 5.82 Å². The lowest BCUT2D eigenvalue weighted by molar-refractivity contribution is 0.303. The minimum atomic E-state index is -0.418. The van der Waals surface area contributed by atoms with Crippen LogP contribution in [-0.2, 0) is 0 Å². The molecule has 1 fully saturated rings. The van der Waals surface area contributed by atoms with Crippen molar-refractivity contribution in [1.82, 2.24) is 4.98 Å². The molecule has 0 aliphatic heterocycles. The number of nitrogens with zero attached hydrogens (tertiary/aromatic N) is 1. The number of aromatic nitrogens is 1. The molecule has 1 saturated carbocycles. The van der Waals surface area contributed by atoms with Crippen LogP contribution < -0.4 is 5.32 Å². The fourth-order valence-corrected chi connectivity index (χ4v) is 1.69. The van der Waals surface area contributed by atoms with Gasteiger partial charge in [-0.3, -0.25) is 0 Å². The summed E-state index contributed by atoms with van der Waals surface area (Å²) in [5.41, 5.74) is 0. The lowest BCUT2D eigenvalue weighted by atomic mass is 9.83. The molecule has 2 nitrogen and oxygen atoms in total. The molecular weight excluding hydrogens is 179 g/mol. The van der Waals surface area contributed by atoms with Crippen LogP contribution in [0.1, 0.15) is 25.7 Å². The zero-order chi connectivity index (χ0) is 9.80. The zero-order valence-corrected chi connectivity index (χ0v) is 8.17. The molecule has 0 atom stereocenters. The van der Waals surface area contributed by atoms with Crippen molar-refractivity contribution in [2.75, 3.05) is 11.9 Å². The first-order valence-electron chi connectivity index (χ1n) is 5.21. The van der Waals surface area contributed by atoms with Crippen molar-refractivity contribution >= 4 is 5.82 Å². The van der Waals surface area contributed by atoms with Crippen molar-refractivity contribution in [3.05, 3.63) is 24.1 Å². The summed E-state index contributed by atoms with van der Waals surface area (Å²) in [5.74, 6) is 1.11. The van der Waals surface area contributed by atoms with E-state index in [-0.39, 0.29) is 0 Å². The van der Waals surface area contributed by atoms with E-state index in [1.165, 1.54) is 31.7 Å². The van der Waals surface area contributed by atoms with Gasteiger partial charge in [-0.05, 0) is 24.5 Å². The van der Waals surface area contributed by atoms with Gasteiger partial charge in [0.1, 0.15) is 5.82 Å². The molecule has 1 heterocycles. The van der Waals surface area contributed by atoms with Crippen molar-refractivity contribution in [3.63, 3.8) is 0 Å². The maximum Gasteiger partial charge on any atom is 0.214 e. The summed E-state index contributed by atoms with van der Waals surface area (Å²) < 4.78 is 12.7. The fourth-order valence-electron chi connectivity index (χ4n) is 1.69. The molecule has 0 spiro atoms. The van der Waals surface area contributed by atoms with Crippen molar-refractivity contribution in [3.8, 4) is 0 Å². The van der Waals surface area contributed by atoms with Gasteiger partial charge in [-0.2, -0.15) is 4.39 Å². The summed E-state index contributed by atoms with van der Waals surface area (Å²) in [7, 11) is 0. The maximum atomic E-state index is 12.7. The minimum absolute atomic E-state index is 0.418. The second-order valence-electron chi connectivity index (χ2n) is 3.86. The van der Waals surface area contributed by atoms with E-state index in [2.05, 4.69) is 10.3 Å².